The largest absolute Gasteiger partial charge is 0.381 e. The number of rotatable bonds is 5. The molecule has 2 rings (SSSR count). The molecule has 1 aliphatic heterocycles. The normalized spacial score (nSPS) is 26.9. The zero-order chi connectivity index (χ0) is 12.1. The number of aryl methyl sites for hydroxylation is 1. The summed E-state index contributed by atoms with van der Waals surface area (Å²) in [7, 11) is 2.10. The minimum absolute atomic E-state index is 0.635. The molecule has 1 aliphatic rings. The lowest BCUT2D eigenvalue weighted by atomic mass is 9.82. The lowest BCUT2D eigenvalue weighted by Gasteiger charge is -2.35. The highest BCUT2D eigenvalue weighted by molar-refractivity contribution is 7.09. The minimum Gasteiger partial charge on any atom is -0.381 e. The molecule has 0 aliphatic carbocycles. The second-order valence-corrected chi connectivity index (χ2v) is 6.05. The van der Waals surface area contributed by atoms with Crippen LogP contribution >= 0.6 is 11.3 Å². The molecule has 0 bridgehead atoms. The maximum atomic E-state index is 5.53. The van der Waals surface area contributed by atoms with E-state index in [-0.39, 0.29) is 0 Å². The molecule has 2 nitrogen and oxygen atoms in total. The van der Waals surface area contributed by atoms with Gasteiger partial charge in [-0.3, -0.25) is 0 Å². The third-order valence-corrected chi connectivity index (χ3v) is 4.81. The molecule has 17 heavy (non-hydrogen) atoms. The smallest absolute Gasteiger partial charge is 0.0494 e. The monoisotopic (exact) mass is 253 g/mol. The average molecular weight is 253 g/mol. The van der Waals surface area contributed by atoms with Gasteiger partial charge >= 0.3 is 0 Å². The maximum Gasteiger partial charge on any atom is 0.0494 e. The van der Waals surface area contributed by atoms with Gasteiger partial charge in [-0.15, -0.1) is 11.3 Å². The molecule has 1 N–H and O–H groups in total. The first kappa shape index (κ1) is 13.1. The topological polar surface area (TPSA) is 21.3 Å². The molecule has 1 saturated heterocycles. The van der Waals surface area contributed by atoms with Crippen LogP contribution in [-0.4, -0.2) is 26.3 Å². The summed E-state index contributed by atoms with van der Waals surface area (Å²) < 4.78 is 5.53. The zero-order valence-electron chi connectivity index (χ0n) is 10.8. The molecule has 0 amide bonds. The lowest BCUT2D eigenvalue weighted by Crippen LogP contribution is -2.41. The molecule has 0 radical (unpaired) electrons. The van der Waals surface area contributed by atoms with Gasteiger partial charge in [0.1, 0.15) is 0 Å². The van der Waals surface area contributed by atoms with E-state index in [0.717, 1.165) is 19.1 Å². The van der Waals surface area contributed by atoms with E-state index in [1.54, 1.807) is 0 Å². The molecule has 3 atom stereocenters. The number of ether oxygens (including phenoxy) is 1. The Labute approximate surface area is 108 Å². The van der Waals surface area contributed by atoms with Gasteiger partial charge in [0, 0.05) is 24.1 Å². The van der Waals surface area contributed by atoms with Crippen molar-refractivity contribution < 1.29 is 4.74 Å². The highest BCUT2D eigenvalue weighted by Gasteiger charge is 2.28. The van der Waals surface area contributed by atoms with Crippen LogP contribution in [0.1, 0.15) is 24.6 Å². The second kappa shape index (κ2) is 6.53. The van der Waals surface area contributed by atoms with Gasteiger partial charge in [-0.1, -0.05) is 13.0 Å². The molecule has 3 unspecified atom stereocenters. The van der Waals surface area contributed by atoms with Gasteiger partial charge in [-0.2, -0.15) is 0 Å². The summed E-state index contributed by atoms with van der Waals surface area (Å²) in [5, 5.41) is 5.68. The van der Waals surface area contributed by atoms with Crippen molar-refractivity contribution in [1.82, 2.24) is 5.32 Å². The fraction of sp³-hybridized carbons (Fsp3) is 0.714. The molecule has 1 fully saturated rings. The van der Waals surface area contributed by atoms with E-state index in [9.17, 15) is 0 Å². The Morgan fingerprint density at radius 2 is 2.47 bits per heavy atom. The Kier molecular flexibility index (Phi) is 5.01. The highest BCUT2D eigenvalue weighted by atomic mass is 32.1. The SMILES string of the molecule is CNC(CCc1cccs1)C1CCOCC1C. The molecule has 2 heterocycles. The molecule has 3 heteroatoms. The summed E-state index contributed by atoms with van der Waals surface area (Å²) in [5.41, 5.74) is 0. The van der Waals surface area contributed by atoms with Crippen LogP contribution in [-0.2, 0) is 11.2 Å². The minimum atomic E-state index is 0.635. The van der Waals surface area contributed by atoms with E-state index in [1.807, 2.05) is 11.3 Å². The third-order valence-electron chi connectivity index (χ3n) is 3.88. The Bertz CT molecular complexity index is 312. The van der Waals surface area contributed by atoms with Crippen LogP contribution in [0.5, 0.6) is 0 Å². The van der Waals surface area contributed by atoms with Crippen molar-refractivity contribution in [3.8, 4) is 0 Å². The lowest BCUT2D eigenvalue weighted by molar-refractivity contribution is 0.0109. The van der Waals surface area contributed by atoms with E-state index in [2.05, 4.69) is 36.8 Å². The van der Waals surface area contributed by atoms with Gasteiger partial charge in [0.25, 0.3) is 0 Å². The summed E-state index contributed by atoms with van der Waals surface area (Å²) >= 11 is 1.87. The van der Waals surface area contributed by atoms with E-state index < -0.39 is 0 Å². The summed E-state index contributed by atoms with van der Waals surface area (Å²) in [4.78, 5) is 1.50. The Morgan fingerprint density at radius 3 is 3.12 bits per heavy atom. The molecule has 0 spiro atoms. The van der Waals surface area contributed by atoms with E-state index >= 15 is 0 Å². The van der Waals surface area contributed by atoms with Crippen LogP contribution in [0.4, 0.5) is 0 Å². The quantitative estimate of drug-likeness (QED) is 0.871. The van der Waals surface area contributed by atoms with Gasteiger partial charge in [0.2, 0.25) is 0 Å². The second-order valence-electron chi connectivity index (χ2n) is 5.02. The van der Waals surface area contributed by atoms with Gasteiger partial charge in [0.15, 0.2) is 0 Å². The molecule has 96 valence electrons. The summed E-state index contributed by atoms with van der Waals surface area (Å²) in [5.74, 6) is 1.46. The number of hydrogen-bond acceptors (Lipinski definition) is 3. The van der Waals surface area contributed by atoms with Gasteiger partial charge < -0.3 is 10.1 Å². The Hall–Kier alpha value is -0.380. The van der Waals surface area contributed by atoms with Crippen LogP contribution < -0.4 is 5.32 Å². The van der Waals surface area contributed by atoms with Crippen LogP contribution in [0.15, 0.2) is 17.5 Å². The summed E-state index contributed by atoms with van der Waals surface area (Å²) in [6, 6.07) is 5.02. The van der Waals surface area contributed by atoms with Crippen molar-refractivity contribution in [1.29, 1.82) is 0 Å². The predicted octanol–water partition coefficient (Wildman–Crippen LogP) is 2.94. The van der Waals surface area contributed by atoms with Crippen molar-refractivity contribution in [3.63, 3.8) is 0 Å². The van der Waals surface area contributed by atoms with Crippen molar-refractivity contribution >= 4 is 11.3 Å². The number of thiophene rings is 1. The predicted molar refractivity (Wildman–Crippen MR) is 73.6 cm³/mol. The number of hydrogen-bond donors (Lipinski definition) is 1. The van der Waals surface area contributed by atoms with Gasteiger partial charge in [-0.25, -0.2) is 0 Å². The first-order valence-corrected chi connectivity index (χ1v) is 7.46. The third kappa shape index (κ3) is 3.54. The van der Waals surface area contributed by atoms with Gasteiger partial charge in [-0.05, 0) is 49.6 Å². The molecular formula is C14H23NOS. The van der Waals surface area contributed by atoms with Crippen LogP contribution in [0.2, 0.25) is 0 Å². The van der Waals surface area contributed by atoms with E-state index in [4.69, 9.17) is 4.74 Å². The summed E-state index contributed by atoms with van der Waals surface area (Å²) in [6.07, 6.45) is 3.65. The van der Waals surface area contributed by atoms with Crippen LogP contribution in [0.25, 0.3) is 0 Å². The fourth-order valence-corrected chi connectivity index (χ4v) is 3.54. The Morgan fingerprint density at radius 1 is 1.59 bits per heavy atom. The molecule has 1 aromatic heterocycles. The van der Waals surface area contributed by atoms with Crippen molar-refractivity contribution in [3.05, 3.63) is 22.4 Å². The van der Waals surface area contributed by atoms with Crippen LogP contribution in [0.3, 0.4) is 0 Å². The standard InChI is InChI=1S/C14H23NOS/c1-11-10-16-8-7-13(11)14(15-2)6-5-12-4-3-9-17-12/h3-4,9,11,13-15H,5-8,10H2,1-2H3. The molecule has 0 aromatic carbocycles. The van der Waals surface area contributed by atoms with Gasteiger partial charge in [0.05, 0.1) is 0 Å². The van der Waals surface area contributed by atoms with E-state index in [0.29, 0.717) is 12.0 Å². The van der Waals surface area contributed by atoms with Crippen LogP contribution in [0, 0.1) is 11.8 Å². The van der Waals surface area contributed by atoms with Crippen molar-refractivity contribution in [2.45, 2.75) is 32.2 Å². The fourth-order valence-electron chi connectivity index (χ4n) is 2.82. The maximum absolute atomic E-state index is 5.53. The molecular weight excluding hydrogens is 230 g/mol. The molecule has 0 saturated carbocycles. The Balaban J connectivity index is 1.86. The van der Waals surface area contributed by atoms with Crippen molar-refractivity contribution in [2.75, 3.05) is 20.3 Å². The first-order chi connectivity index (χ1) is 8.31. The van der Waals surface area contributed by atoms with Crippen molar-refractivity contribution in [2.24, 2.45) is 11.8 Å². The zero-order valence-corrected chi connectivity index (χ0v) is 11.6. The van der Waals surface area contributed by atoms with E-state index in [1.165, 1.54) is 24.1 Å². The first-order valence-electron chi connectivity index (χ1n) is 6.58. The average Bonchev–Trinajstić information content (AvgIpc) is 2.85. The summed E-state index contributed by atoms with van der Waals surface area (Å²) in [6.45, 7) is 4.19. The number of nitrogens with one attached hydrogen (secondary N) is 1. The molecule has 1 aromatic rings. The highest BCUT2D eigenvalue weighted by Crippen LogP contribution is 2.27.